The number of anilines is 1. The van der Waals surface area contributed by atoms with Gasteiger partial charge in [0.25, 0.3) is 5.69 Å². The van der Waals surface area contributed by atoms with E-state index in [2.05, 4.69) is 10.2 Å². The number of allylic oxidation sites excluding steroid dienone is 1. The highest BCUT2D eigenvalue weighted by atomic mass is 16.6. The standard InChI is InChI=1S/C19H20N4O2/c1-15(4-5-16-6-12-19(13-7-16)23(24)25)21-20-14-17-8-10-18(11-9-17)22(2)3/h4-14H,1-3H3/b5-4+,20-14+,21-15+. The van der Waals surface area contributed by atoms with Gasteiger partial charge in [-0.05, 0) is 48.4 Å². The van der Waals surface area contributed by atoms with Crippen molar-refractivity contribution in [3.63, 3.8) is 0 Å². The third kappa shape index (κ3) is 5.69. The second-order valence-corrected chi connectivity index (χ2v) is 5.65. The summed E-state index contributed by atoms with van der Waals surface area (Å²) in [6.07, 6.45) is 5.35. The molecule has 25 heavy (non-hydrogen) atoms. The number of nitro benzene ring substituents is 1. The normalized spacial score (nSPS) is 12.0. The highest BCUT2D eigenvalue weighted by Crippen LogP contribution is 2.13. The van der Waals surface area contributed by atoms with E-state index in [1.54, 1.807) is 18.3 Å². The first kappa shape index (κ1) is 18.1. The highest BCUT2D eigenvalue weighted by molar-refractivity contribution is 5.96. The van der Waals surface area contributed by atoms with Gasteiger partial charge in [0.15, 0.2) is 0 Å². The van der Waals surface area contributed by atoms with Crippen molar-refractivity contribution in [1.29, 1.82) is 0 Å². The molecule has 0 aliphatic carbocycles. The second kappa shape index (κ2) is 8.54. The summed E-state index contributed by atoms with van der Waals surface area (Å²) in [5.74, 6) is 0. The van der Waals surface area contributed by atoms with Crippen molar-refractivity contribution in [1.82, 2.24) is 0 Å². The third-order valence-corrected chi connectivity index (χ3v) is 3.45. The topological polar surface area (TPSA) is 71.1 Å². The third-order valence-electron chi connectivity index (χ3n) is 3.45. The Labute approximate surface area is 147 Å². The lowest BCUT2D eigenvalue weighted by atomic mass is 10.2. The Hall–Kier alpha value is -3.28. The van der Waals surface area contributed by atoms with E-state index >= 15 is 0 Å². The molecule has 0 aliphatic rings. The lowest BCUT2D eigenvalue weighted by molar-refractivity contribution is -0.384. The molecular weight excluding hydrogens is 316 g/mol. The van der Waals surface area contributed by atoms with E-state index in [0.717, 1.165) is 22.5 Å². The predicted octanol–water partition coefficient (Wildman–Crippen LogP) is 4.17. The zero-order valence-electron chi connectivity index (χ0n) is 14.5. The van der Waals surface area contributed by atoms with Gasteiger partial charge < -0.3 is 4.90 Å². The van der Waals surface area contributed by atoms with Gasteiger partial charge >= 0.3 is 0 Å². The maximum Gasteiger partial charge on any atom is 0.269 e. The molecule has 2 aromatic carbocycles. The minimum atomic E-state index is -0.417. The van der Waals surface area contributed by atoms with Gasteiger partial charge in [-0.3, -0.25) is 10.1 Å². The summed E-state index contributed by atoms with van der Waals surface area (Å²) in [6, 6.07) is 14.3. The van der Waals surface area contributed by atoms with Crippen LogP contribution in [-0.4, -0.2) is 30.9 Å². The zero-order chi connectivity index (χ0) is 18.2. The molecule has 0 atom stereocenters. The van der Waals surface area contributed by atoms with Gasteiger partial charge in [0, 0.05) is 31.9 Å². The minimum Gasteiger partial charge on any atom is -0.378 e. The van der Waals surface area contributed by atoms with Crippen molar-refractivity contribution in [2.24, 2.45) is 10.2 Å². The molecule has 0 unspecified atom stereocenters. The van der Waals surface area contributed by atoms with E-state index in [-0.39, 0.29) is 5.69 Å². The fourth-order valence-electron chi connectivity index (χ4n) is 2.00. The number of hydrogen-bond acceptors (Lipinski definition) is 5. The smallest absolute Gasteiger partial charge is 0.269 e. The van der Waals surface area contributed by atoms with Crippen LogP contribution in [0.15, 0.2) is 64.8 Å². The summed E-state index contributed by atoms with van der Waals surface area (Å²) in [7, 11) is 3.99. The van der Waals surface area contributed by atoms with Crippen molar-refractivity contribution in [2.45, 2.75) is 6.92 Å². The molecule has 0 radical (unpaired) electrons. The van der Waals surface area contributed by atoms with Crippen molar-refractivity contribution in [2.75, 3.05) is 19.0 Å². The summed E-state index contributed by atoms with van der Waals surface area (Å²) in [4.78, 5) is 12.2. The quantitative estimate of drug-likeness (QED) is 0.451. The Bertz CT molecular complexity index is 804. The van der Waals surface area contributed by atoms with Crippen molar-refractivity contribution >= 4 is 29.4 Å². The Morgan fingerprint density at radius 1 is 1.04 bits per heavy atom. The number of nitro groups is 1. The molecule has 128 valence electrons. The Morgan fingerprint density at radius 2 is 1.64 bits per heavy atom. The Balaban J connectivity index is 1.97. The fraction of sp³-hybridized carbons (Fsp3) is 0.158. The number of benzene rings is 2. The van der Waals surface area contributed by atoms with Crippen LogP contribution in [-0.2, 0) is 0 Å². The van der Waals surface area contributed by atoms with E-state index in [9.17, 15) is 10.1 Å². The maximum atomic E-state index is 10.6. The largest absolute Gasteiger partial charge is 0.378 e. The van der Waals surface area contributed by atoms with Crippen LogP contribution in [0.5, 0.6) is 0 Å². The average molecular weight is 336 g/mol. The SMILES string of the molecule is CC(/C=C/c1ccc([N+](=O)[O-])cc1)=N\N=C\c1ccc(N(C)C)cc1. The summed E-state index contributed by atoms with van der Waals surface area (Å²) in [5.41, 5.74) is 3.78. The van der Waals surface area contributed by atoms with Gasteiger partial charge in [-0.25, -0.2) is 0 Å². The molecule has 6 nitrogen and oxygen atoms in total. The molecule has 2 aromatic rings. The fourth-order valence-corrected chi connectivity index (χ4v) is 2.00. The summed E-state index contributed by atoms with van der Waals surface area (Å²) in [6.45, 7) is 1.84. The Kier molecular flexibility index (Phi) is 6.17. The number of rotatable bonds is 6. The molecule has 0 saturated carbocycles. The van der Waals surface area contributed by atoms with Crippen LogP contribution in [0.4, 0.5) is 11.4 Å². The van der Waals surface area contributed by atoms with E-state index in [4.69, 9.17) is 0 Å². The molecule has 0 aliphatic heterocycles. The Morgan fingerprint density at radius 3 is 2.20 bits per heavy atom. The van der Waals surface area contributed by atoms with Crippen LogP contribution in [0.3, 0.4) is 0 Å². The van der Waals surface area contributed by atoms with Crippen LogP contribution in [0.25, 0.3) is 6.08 Å². The van der Waals surface area contributed by atoms with Crippen molar-refractivity contribution in [3.05, 3.63) is 75.8 Å². The van der Waals surface area contributed by atoms with Gasteiger partial charge in [-0.15, -0.1) is 0 Å². The molecule has 0 fully saturated rings. The number of hydrogen-bond donors (Lipinski definition) is 0. The molecular formula is C19H20N4O2. The summed E-state index contributed by atoms with van der Waals surface area (Å²) < 4.78 is 0. The molecule has 0 N–H and O–H groups in total. The van der Waals surface area contributed by atoms with Crippen LogP contribution in [0.1, 0.15) is 18.1 Å². The molecule has 0 amide bonds. The summed E-state index contributed by atoms with van der Waals surface area (Å²) in [5, 5.41) is 18.8. The van der Waals surface area contributed by atoms with Gasteiger partial charge in [0.05, 0.1) is 16.8 Å². The van der Waals surface area contributed by atoms with E-state index in [0.29, 0.717) is 0 Å². The first-order valence-corrected chi connectivity index (χ1v) is 7.73. The van der Waals surface area contributed by atoms with Gasteiger partial charge in [-0.1, -0.05) is 18.2 Å². The molecule has 0 saturated heterocycles. The van der Waals surface area contributed by atoms with Gasteiger partial charge in [-0.2, -0.15) is 10.2 Å². The average Bonchev–Trinajstić information content (AvgIpc) is 2.60. The predicted molar refractivity (Wildman–Crippen MR) is 104 cm³/mol. The van der Waals surface area contributed by atoms with Crippen LogP contribution in [0.2, 0.25) is 0 Å². The van der Waals surface area contributed by atoms with Crippen LogP contribution >= 0.6 is 0 Å². The van der Waals surface area contributed by atoms with Crippen LogP contribution in [0, 0.1) is 10.1 Å². The lowest BCUT2D eigenvalue weighted by Gasteiger charge is -2.11. The number of nitrogens with zero attached hydrogens (tertiary/aromatic N) is 4. The molecule has 2 rings (SSSR count). The molecule has 6 heteroatoms. The highest BCUT2D eigenvalue weighted by Gasteiger charge is 2.02. The zero-order valence-corrected chi connectivity index (χ0v) is 14.5. The van der Waals surface area contributed by atoms with E-state index in [1.165, 1.54) is 12.1 Å². The van der Waals surface area contributed by atoms with E-state index < -0.39 is 4.92 Å². The van der Waals surface area contributed by atoms with Crippen molar-refractivity contribution < 1.29 is 4.92 Å². The van der Waals surface area contributed by atoms with Gasteiger partial charge in [0.2, 0.25) is 0 Å². The maximum absolute atomic E-state index is 10.6. The summed E-state index contributed by atoms with van der Waals surface area (Å²) >= 11 is 0. The molecule has 0 spiro atoms. The molecule has 0 heterocycles. The molecule has 0 bridgehead atoms. The van der Waals surface area contributed by atoms with Gasteiger partial charge in [0.1, 0.15) is 0 Å². The lowest BCUT2D eigenvalue weighted by Crippen LogP contribution is -2.08. The van der Waals surface area contributed by atoms with Crippen LogP contribution < -0.4 is 4.90 Å². The monoisotopic (exact) mass is 336 g/mol. The first-order chi connectivity index (χ1) is 12.0. The second-order valence-electron chi connectivity index (χ2n) is 5.65. The van der Waals surface area contributed by atoms with Crippen molar-refractivity contribution in [3.8, 4) is 0 Å². The van der Waals surface area contributed by atoms with E-state index in [1.807, 2.05) is 62.3 Å². The molecule has 0 aromatic heterocycles. The number of non-ortho nitro benzene ring substituents is 1. The first-order valence-electron chi connectivity index (χ1n) is 7.73. The minimum absolute atomic E-state index is 0.0763.